The highest BCUT2D eigenvalue weighted by Gasteiger charge is 2.30. The van der Waals surface area contributed by atoms with Gasteiger partial charge in [0.15, 0.2) is 0 Å². The molecule has 0 aliphatic heterocycles. The van der Waals surface area contributed by atoms with Crippen molar-refractivity contribution >= 4 is 29.3 Å². The van der Waals surface area contributed by atoms with Gasteiger partial charge >= 0.3 is 12.1 Å². The van der Waals surface area contributed by atoms with Crippen molar-refractivity contribution in [2.45, 2.75) is 25.3 Å². The van der Waals surface area contributed by atoms with Gasteiger partial charge in [-0.05, 0) is 29.2 Å². The smallest absolute Gasteiger partial charge is 0.407 e. The van der Waals surface area contributed by atoms with Crippen LogP contribution in [-0.4, -0.2) is 47.3 Å². The molecule has 0 fully saturated rings. The molecular formula is C26H25N3O5S. The molecule has 3 N–H and O–H groups in total. The number of fused-ring (bicyclic) bond motifs is 3. The van der Waals surface area contributed by atoms with Crippen molar-refractivity contribution in [3.8, 4) is 11.1 Å². The highest BCUT2D eigenvalue weighted by molar-refractivity contribution is 7.09. The van der Waals surface area contributed by atoms with Crippen molar-refractivity contribution in [3.05, 3.63) is 87.9 Å². The van der Waals surface area contributed by atoms with E-state index >= 15 is 0 Å². The van der Waals surface area contributed by atoms with Crippen molar-refractivity contribution in [2.24, 2.45) is 0 Å². The molecule has 1 unspecified atom stereocenters. The van der Waals surface area contributed by atoms with Gasteiger partial charge in [-0.3, -0.25) is 9.78 Å². The summed E-state index contributed by atoms with van der Waals surface area (Å²) in [4.78, 5) is 41.3. The second kappa shape index (κ2) is 11.0. The van der Waals surface area contributed by atoms with Crippen molar-refractivity contribution in [2.75, 3.05) is 13.2 Å². The van der Waals surface area contributed by atoms with E-state index in [2.05, 4.69) is 27.8 Å². The van der Waals surface area contributed by atoms with E-state index in [4.69, 9.17) is 9.84 Å². The fraction of sp³-hybridized carbons (Fsp3) is 0.231. The number of amides is 2. The second-order valence-corrected chi connectivity index (χ2v) is 9.10. The largest absolute Gasteiger partial charge is 0.478 e. The zero-order chi connectivity index (χ0) is 24.8. The van der Waals surface area contributed by atoms with Crippen LogP contribution in [0.3, 0.4) is 0 Å². The van der Waals surface area contributed by atoms with Gasteiger partial charge in [0.1, 0.15) is 12.6 Å². The third-order valence-corrected chi connectivity index (χ3v) is 6.66. The standard InChI is InChI=1S/C26H25N3O5S/c1-16(25(31)32)10-11-28-24(30)23(12-17-13-27-15-35-17)29-26(33)34-14-22-20-8-4-2-6-18(20)19-7-3-5-9-21(19)22/h2-10,13,15,22-23H,11-12,14H2,1H3,(H,28,30)(H,29,33)(H,31,32)/b16-10-. The van der Waals surface area contributed by atoms with Crippen molar-refractivity contribution in [1.29, 1.82) is 0 Å². The summed E-state index contributed by atoms with van der Waals surface area (Å²) in [5.41, 5.74) is 6.22. The number of carboxylic acids is 1. The van der Waals surface area contributed by atoms with Gasteiger partial charge in [0.05, 0.1) is 5.51 Å². The first kappa shape index (κ1) is 24.2. The van der Waals surface area contributed by atoms with Crippen LogP contribution in [0.2, 0.25) is 0 Å². The molecule has 1 aliphatic carbocycles. The highest BCUT2D eigenvalue weighted by Crippen LogP contribution is 2.44. The molecule has 1 aromatic heterocycles. The van der Waals surface area contributed by atoms with E-state index in [1.807, 2.05) is 36.4 Å². The monoisotopic (exact) mass is 491 g/mol. The molecule has 0 bridgehead atoms. The summed E-state index contributed by atoms with van der Waals surface area (Å²) in [7, 11) is 0. The number of nitrogens with one attached hydrogen (secondary N) is 2. The topological polar surface area (TPSA) is 118 Å². The molecule has 8 nitrogen and oxygen atoms in total. The normalized spacial score (nSPS) is 13.5. The second-order valence-electron chi connectivity index (χ2n) is 8.13. The van der Waals surface area contributed by atoms with E-state index in [1.54, 1.807) is 11.7 Å². The Morgan fingerprint density at radius 1 is 1.11 bits per heavy atom. The van der Waals surface area contributed by atoms with Crippen LogP contribution in [0.5, 0.6) is 0 Å². The van der Waals surface area contributed by atoms with Crippen LogP contribution in [0.15, 0.2) is 71.9 Å². The minimum Gasteiger partial charge on any atom is -0.478 e. The van der Waals surface area contributed by atoms with Crippen LogP contribution in [0.1, 0.15) is 28.8 Å². The maximum absolute atomic E-state index is 12.8. The average Bonchev–Trinajstić information content (AvgIpc) is 3.48. The molecule has 4 rings (SSSR count). The SMILES string of the molecule is C/C(=C/CNC(=O)C(Cc1cncs1)NC(=O)OCC1c2ccccc2-c2ccccc21)C(=O)O. The van der Waals surface area contributed by atoms with E-state index in [0.717, 1.165) is 27.1 Å². The first-order valence-corrected chi connectivity index (χ1v) is 12.0. The minimum absolute atomic E-state index is 0.0303. The summed E-state index contributed by atoms with van der Waals surface area (Å²) in [5, 5.41) is 14.3. The summed E-state index contributed by atoms with van der Waals surface area (Å²) in [6, 6.07) is 15.2. The summed E-state index contributed by atoms with van der Waals surface area (Å²) in [6.07, 6.45) is 2.58. The van der Waals surface area contributed by atoms with Crippen LogP contribution in [0, 0.1) is 0 Å². The van der Waals surface area contributed by atoms with Gasteiger partial charge in [0, 0.05) is 35.5 Å². The lowest BCUT2D eigenvalue weighted by atomic mass is 9.98. The lowest BCUT2D eigenvalue weighted by Crippen LogP contribution is -2.48. The number of nitrogens with zero attached hydrogens (tertiary/aromatic N) is 1. The number of carbonyl (C=O) groups excluding carboxylic acids is 2. The summed E-state index contributed by atoms with van der Waals surface area (Å²) < 4.78 is 5.58. The van der Waals surface area contributed by atoms with E-state index < -0.39 is 24.0 Å². The maximum atomic E-state index is 12.8. The quantitative estimate of drug-likeness (QED) is 0.393. The number of carboxylic acid groups (broad SMARTS) is 1. The number of aliphatic carboxylic acids is 1. The number of benzene rings is 2. The number of hydrogen-bond acceptors (Lipinski definition) is 6. The van der Waals surface area contributed by atoms with Gasteiger partial charge < -0.3 is 20.5 Å². The Bertz CT molecular complexity index is 1210. The molecule has 1 heterocycles. The predicted octanol–water partition coefficient (Wildman–Crippen LogP) is 3.74. The summed E-state index contributed by atoms with van der Waals surface area (Å²) in [6.45, 7) is 1.61. The predicted molar refractivity (Wildman–Crippen MR) is 132 cm³/mol. The lowest BCUT2D eigenvalue weighted by molar-refractivity contribution is -0.132. The van der Waals surface area contributed by atoms with Gasteiger partial charge in [0.2, 0.25) is 5.91 Å². The number of aromatic nitrogens is 1. The number of rotatable bonds is 9. The number of carbonyl (C=O) groups is 3. The molecule has 0 spiro atoms. The Balaban J connectivity index is 1.41. The van der Waals surface area contributed by atoms with Crippen LogP contribution in [0.25, 0.3) is 11.1 Å². The Morgan fingerprint density at radius 3 is 2.37 bits per heavy atom. The maximum Gasteiger partial charge on any atom is 0.407 e. The molecule has 1 atom stereocenters. The molecule has 0 saturated carbocycles. The van der Waals surface area contributed by atoms with Crippen LogP contribution >= 0.6 is 11.3 Å². The lowest BCUT2D eigenvalue weighted by Gasteiger charge is -2.19. The van der Waals surface area contributed by atoms with Crippen molar-refractivity contribution < 1.29 is 24.2 Å². The molecule has 2 aromatic carbocycles. The molecule has 1 aliphatic rings. The van der Waals surface area contributed by atoms with Crippen LogP contribution in [0.4, 0.5) is 4.79 Å². The fourth-order valence-electron chi connectivity index (χ4n) is 4.05. The molecule has 9 heteroatoms. The first-order valence-electron chi connectivity index (χ1n) is 11.1. The molecular weight excluding hydrogens is 466 g/mol. The molecule has 0 radical (unpaired) electrons. The van der Waals surface area contributed by atoms with Gasteiger partial charge in [-0.2, -0.15) is 0 Å². The van der Waals surface area contributed by atoms with Crippen molar-refractivity contribution in [3.63, 3.8) is 0 Å². The Hall–Kier alpha value is -3.98. The zero-order valence-electron chi connectivity index (χ0n) is 19.1. The van der Waals surface area contributed by atoms with E-state index in [1.165, 1.54) is 24.3 Å². The Morgan fingerprint density at radius 2 is 1.77 bits per heavy atom. The van der Waals surface area contributed by atoms with E-state index in [9.17, 15) is 14.4 Å². The van der Waals surface area contributed by atoms with Gasteiger partial charge in [-0.15, -0.1) is 11.3 Å². The van der Waals surface area contributed by atoms with Crippen LogP contribution < -0.4 is 10.6 Å². The number of hydrogen-bond donors (Lipinski definition) is 3. The van der Waals surface area contributed by atoms with Gasteiger partial charge in [-0.25, -0.2) is 9.59 Å². The number of ether oxygens (including phenoxy) is 1. The first-order chi connectivity index (χ1) is 16.9. The third kappa shape index (κ3) is 5.75. The Labute approximate surface area is 206 Å². The van der Waals surface area contributed by atoms with E-state index in [0.29, 0.717) is 0 Å². The molecule has 0 saturated heterocycles. The molecule has 2 amide bonds. The zero-order valence-corrected chi connectivity index (χ0v) is 19.9. The number of thiazole rings is 1. The molecule has 180 valence electrons. The minimum atomic E-state index is -1.06. The fourth-order valence-corrected chi connectivity index (χ4v) is 4.69. The van der Waals surface area contributed by atoms with Crippen LogP contribution in [-0.2, 0) is 20.7 Å². The summed E-state index contributed by atoms with van der Waals surface area (Å²) >= 11 is 1.37. The molecule has 3 aromatic rings. The molecule has 35 heavy (non-hydrogen) atoms. The number of alkyl carbamates (subject to hydrolysis) is 1. The average molecular weight is 492 g/mol. The van der Waals surface area contributed by atoms with Gasteiger partial charge in [0.25, 0.3) is 0 Å². The van der Waals surface area contributed by atoms with E-state index in [-0.39, 0.29) is 31.1 Å². The third-order valence-electron chi connectivity index (χ3n) is 5.86. The van der Waals surface area contributed by atoms with Crippen molar-refractivity contribution in [1.82, 2.24) is 15.6 Å². The van der Waals surface area contributed by atoms with Gasteiger partial charge in [-0.1, -0.05) is 54.6 Å². The Kier molecular flexibility index (Phi) is 7.57. The summed E-state index contributed by atoms with van der Waals surface area (Å²) in [5.74, 6) is -1.59. The highest BCUT2D eigenvalue weighted by atomic mass is 32.1.